The zero-order valence-electron chi connectivity index (χ0n) is 7.58. The number of nitrogens with two attached hydrogens (primary N) is 1. The van der Waals surface area contributed by atoms with Crippen molar-refractivity contribution in [2.75, 3.05) is 0 Å². The molecule has 0 fully saturated rings. The monoisotopic (exact) mass is 185 g/mol. The van der Waals surface area contributed by atoms with E-state index in [2.05, 4.69) is 16.3 Å². The summed E-state index contributed by atoms with van der Waals surface area (Å²) >= 11 is 1.48. The molecule has 0 aliphatic rings. The van der Waals surface area contributed by atoms with Gasteiger partial charge in [-0.2, -0.15) is 4.37 Å². The lowest BCUT2D eigenvalue weighted by atomic mass is 10.3. The Kier molecular flexibility index (Phi) is 3.62. The fraction of sp³-hybridized carbons (Fsp3) is 0.750. The standard InChI is InChI=1S/C8H15N3S/c1-3-4-7-10-8(12-11-7)5-6(2)9/h6H,3-5,9H2,1-2H3. The van der Waals surface area contributed by atoms with Crippen LogP contribution >= 0.6 is 11.5 Å². The molecular formula is C8H15N3S. The lowest BCUT2D eigenvalue weighted by molar-refractivity contribution is 0.728. The molecule has 0 radical (unpaired) electrons. The van der Waals surface area contributed by atoms with Crippen LogP contribution in [0, 0.1) is 0 Å². The van der Waals surface area contributed by atoms with Crippen molar-refractivity contribution < 1.29 is 0 Å². The van der Waals surface area contributed by atoms with E-state index in [0.717, 1.165) is 30.1 Å². The average Bonchev–Trinajstić information content (AvgIpc) is 2.36. The Morgan fingerprint density at radius 3 is 2.92 bits per heavy atom. The first-order valence-electron chi connectivity index (χ1n) is 4.29. The molecule has 1 aromatic heterocycles. The van der Waals surface area contributed by atoms with E-state index in [1.807, 2.05) is 6.92 Å². The topological polar surface area (TPSA) is 51.8 Å². The van der Waals surface area contributed by atoms with Crippen molar-refractivity contribution >= 4 is 11.5 Å². The molecule has 0 bridgehead atoms. The quantitative estimate of drug-likeness (QED) is 0.771. The van der Waals surface area contributed by atoms with Crippen LogP contribution in [0.1, 0.15) is 31.1 Å². The van der Waals surface area contributed by atoms with Crippen LogP contribution in [0.5, 0.6) is 0 Å². The van der Waals surface area contributed by atoms with Gasteiger partial charge >= 0.3 is 0 Å². The van der Waals surface area contributed by atoms with Crippen LogP contribution in [0.4, 0.5) is 0 Å². The Labute approximate surface area is 77.2 Å². The van der Waals surface area contributed by atoms with Crippen LogP contribution in [0.25, 0.3) is 0 Å². The average molecular weight is 185 g/mol. The van der Waals surface area contributed by atoms with Crippen LogP contribution in [-0.4, -0.2) is 15.4 Å². The predicted octanol–water partition coefficient (Wildman–Crippen LogP) is 1.38. The number of rotatable bonds is 4. The van der Waals surface area contributed by atoms with E-state index in [0.29, 0.717) is 0 Å². The van der Waals surface area contributed by atoms with Crippen LogP contribution in [-0.2, 0) is 12.8 Å². The molecule has 0 aromatic carbocycles. The minimum Gasteiger partial charge on any atom is -0.328 e. The second-order valence-corrected chi connectivity index (χ2v) is 3.87. The highest BCUT2D eigenvalue weighted by Crippen LogP contribution is 2.07. The number of hydrogen-bond donors (Lipinski definition) is 1. The third-order valence-corrected chi connectivity index (χ3v) is 2.25. The second-order valence-electron chi connectivity index (χ2n) is 3.04. The molecule has 4 heteroatoms. The van der Waals surface area contributed by atoms with Gasteiger partial charge in [-0.3, -0.25) is 0 Å². The fourth-order valence-corrected chi connectivity index (χ4v) is 1.80. The molecule has 1 heterocycles. The molecule has 3 nitrogen and oxygen atoms in total. The van der Waals surface area contributed by atoms with E-state index in [-0.39, 0.29) is 6.04 Å². The van der Waals surface area contributed by atoms with Crippen LogP contribution in [0.15, 0.2) is 0 Å². The lowest BCUT2D eigenvalue weighted by Crippen LogP contribution is -2.17. The molecule has 1 atom stereocenters. The smallest absolute Gasteiger partial charge is 0.142 e. The molecule has 1 rings (SSSR count). The van der Waals surface area contributed by atoms with Gasteiger partial charge in [0.2, 0.25) is 0 Å². The first kappa shape index (κ1) is 9.61. The molecule has 0 aliphatic carbocycles. The first-order valence-corrected chi connectivity index (χ1v) is 5.06. The van der Waals surface area contributed by atoms with E-state index in [4.69, 9.17) is 5.73 Å². The summed E-state index contributed by atoms with van der Waals surface area (Å²) in [7, 11) is 0. The Morgan fingerprint density at radius 2 is 2.33 bits per heavy atom. The summed E-state index contributed by atoms with van der Waals surface area (Å²) < 4.78 is 4.23. The Bertz CT molecular complexity index is 232. The molecule has 68 valence electrons. The largest absolute Gasteiger partial charge is 0.328 e. The van der Waals surface area contributed by atoms with Crippen molar-refractivity contribution in [3.8, 4) is 0 Å². The minimum absolute atomic E-state index is 0.187. The Balaban J connectivity index is 2.52. The van der Waals surface area contributed by atoms with Gasteiger partial charge in [-0.25, -0.2) is 4.98 Å². The van der Waals surface area contributed by atoms with Crippen molar-refractivity contribution in [1.29, 1.82) is 0 Å². The zero-order valence-corrected chi connectivity index (χ0v) is 8.40. The van der Waals surface area contributed by atoms with Gasteiger partial charge in [-0.05, 0) is 24.9 Å². The Morgan fingerprint density at radius 1 is 1.58 bits per heavy atom. The van der Waals surface area contributed by atoms with Crippen molar-refractivity contribution in [3.05, 3.63) is 10.8 Å². The van der Waals surface area contributed by atoms with Gasteiger partial charge in [0.1, 0.15) is 10.8 Å². The molecular weight excluding hydrogens is 170 g/mol. The zero-order chi connectivity index (χ0) is 8.97. The molecule has 0 spiro atoms. The van der Waals surface area contributed by atoms with Crippen molar-refractivity contribution in [2.45, 2.75) is 39.2 Å². The van der Waals surface area contributed by atoms with Gasteiger partial charge in [0, 0.05) is 18.9 Å². The van der Waals surface area contributed by atoms with Gasteiger partial charge in [0.05, 0.1) is 0 Å². The van der Waals surface area contributed by atoms with E-state index >= 15 is 0 Å². The summed E-state index contributed by atoms with van der Waals surface area (Å²) in [6.45, 7) is 4.12. The number of hydrogen-bond acceptors (Lipinski definition) is 4. The third kappa shape index (κ3) is 2.87. The number of aromatic nitrogens is 2. The highest BCUT2D eigenvalue weighted by molar-refractivity contribution is 7.05. The summed E-state index contributed by atoms with van der Waals surface area (Å²) in [4.78, 5) is 4.37. The molecule has 1 aromatic rings. The maximum atomic E-state index is 5.65. The van der Waals surface area contributed by atoms with Gasteiger partial charge in [0.25, 0.3) is 0 Å². The van der Waals surface area contributed by atoms with Gasteiger partial charge in [-0.15, -0.1) is 0 Å². The van der Waals surface area contributed by atoms with E-state index in [1.54, 1.807) is 0 Å². The first-order chi connectivity index (χ1) is 5.72. The molecule has 2 N–H and O–H groups in total. The maximum Gasteiger partial charge on any atom is 0.142 e. The number of nitrogens with zero attached hydrogens (tertiary/aromatic N) is 2. The molecule has 0 saturated heterocycles. The van der Waals surface area contributed by atoms with Crippen molar-refractivity contribution in [3.63, 3.8) is 0 Å². The van der Waals surface area contributed by atoms with E-state index < -0.39 is 0 Å². The third-order valence-electron chi connectivity index (χ3n) is 1.48. The lowest BCUT2D eigenvalue weighted by Gasteiger charge is -1.97. The van der Waals surface area contributed by atoms with Gasteiger partial charge < -0.3 is 5.73 Å². The van der Waals surface area contributed by atoms with Crippen LogP contribution in [0.3, 0.4) is 0 Å². The van der Waals surface area contributed by atoms with Crippen molar-refractivity contribution in [2.24, 2.45) is 5.73 Å². The molecule has 0 amide bonds. The Hall–Kier alpha value is -0.480. The molecule has 0 saturated carbocycles. The SMILES string of the molecule is CCCc1nsc(CC(C)N)n1. The highest BCUT2D eigenvalue weighted by Gasteiger charge is 2.04. The summed E-state index contributed by atoms with van der Waals surface area (Å²) in [5.74, 6) is 0.971. The summed E-state index contributed by atoms with van der Waals surface area (Å²) in [6.07, 6.45) is 2.94. The predicted molar refractivity (Wildman–Crippen MR) is 51.3 cm³/mol. The highest BCUT2D eigenvalue weighted by atomic mass is 32.1. The van der Waals surface area contributed by atoms with Crippen LogP contribution < -0.4 is 5.73 Å². The normalized spacial score (nSPS) is 13.2. The fourth-order valence-electron chi connectivity index (χ4n) is 0.974. The van der Waals surface area contributed by atoms with Gasteiger partial charge in [0.15, 0.2) is 0 Å². The second kappa shape index (κ2) is 4.52. The minimum atomic E-state index is 0.187. The number of aryl methyl sites for hydroxylation is 1. The van der Waals surface area contributed by atoms with Crippen LogP contribution in [0.2, 0.25) is 0 Å². The summed E-state index contributed by atoms with van der Waals surface area (Å²) in [6, 6.07) is 0.187. The summed E-state index contributed by atoms with van der Waals surface area (Å²) in [5, 5.41) is 1.06. The summed E-state index contributed by atoms with van der Waals surface area (Å²) in [5.41, 5.74) is 5.65. The van der Waals surface area contributed by atoms with E-state index in [1.165, 1.54) is 11.5 Å². The molecule has 0 aliphatic heterocycles. The molecule has 12 heavy (non-hydrogen) atoms. The maximum absolute atomic E-state index is 5.65. The van der Waals surface area contributed by atoms with Gasteiger partial charge in [-0.1, -0.05) is 6.92 Å². The van der Waals surface area contributed by atoms with E-state index in [9.17, 15) is 0 Å². The van der Waals surface area contributed by atoms with Crippen molar-refractivity contribution in [1.82, 2.24) is 9.36 Å². The molecule has 1 unspecified atom stereocenters.